The Balaban J connectivity index is 0.000000219. The predicted octanol–water partition coefficient (Wildman–Crippen LogP) is 14.5. The number of rotatable bonds is 12. The topological polar surface area (TPSA) is 169 Å². The molecule has 0 atom stereocenters. The molecular weight excluding hydrogens is 1100 g/mol. The maximum Gasteiger partial charge on any atom is 2.00 e. The minimum Gasteiger partial charge on any atom is -0.660 e. The fourth-order valence-corrected chi connectivity index (χ4v) is 15.0. The van der Waals surface area contributed by atoms with E-state index in [9.17, 15) is 19.2 Å². The Hall–Kier alpha value is -6.31. The molecule has 85 heavy (non-hydrogen) atoms. The summed E-state index contributed by atoms with van der Waals surface area (Å²) in [6.45, 7) is 28.5. The first-order valence-corrected chi connectivity index (χ1v) is 31.8. The van der Waals surface area contributed by atoms with Crippen LogP contribution in [0, 0.1) is 69.2 Å². The molecule has 12 nitrogen and oxygen atoms in total. The van der Waals surface area contributed by atoms with Crippen LogP contribution in [0.3, 0.4) is 0 Å². The molecule has 0 unspecified atom stereocenters. The van der Waals surface area contributed by atoms with Gasteiger partial charge in [0.2, 0.25) is 11.8 Å². The number of carbonyl (C=O) groups excluding carboxylic acids is 4. The summed E-state index contributed by atoms with van der Waals surface area (Å²) in [6.07, 6.45) is 22.5. The van der Waals surface area contributed by atoms with Crippen LogP contribution in [-0.4, -0.2) is 59.2 Å². The number of carbonyl (C=O) groups is 4. The number of aromatic nitrogens is 2. The summed E-state index contributed by atoms with van der Waals surface area (Å²) < 4.78 is 0. The van der Waals surface area contributed by atoms with Crippen LogP contribution in [0.2, 0.25) is 0 Å². The smallest absolute Gasteiger partial charge is 0.660 e. The summed E-state index contributed by atoms with van der Waals surface area (Å²) in [5.74, 6) is -0.155. The quantitative estimate of drug-likeness (QED) is 0.110. The number of benzene rings is 2. The zero-order valence-corrected chi connectivity index (χ0v) is 54.6. The maximum atomic E-state index is 13.6. The van der Waals surface area contributed by atoms with Gasteiger partial charge in [0, 0.05) is 35.3 Å². The third kappa shape index (κ3) is 14.1. The number of nitrogens with one attached hydrogen (secondary N) is 4. The molecule has 4 amide bonds. The summed E-state index contributed by atoms with van der Waals surface area (Å²) in [5.41, 5.74) is 23.0. The van der Waals surface area contributed by atoms with E-state index in [1.807, 2.05) is 55.4 Å². The fraction of sp³-hybridized carbons (Fsp3) is 0.528. The Labute approximate surface area is 517 Å². The summed E-state index contributed by atoms with van der Waals surface area (Å²) in [6, 6.07) is 9.64. The van der Waals surface area contributed by atoms with Gasteiger partial charge in [-0.25, -0.2) is 0 Å². The molecule has 10 rings (SSSR count). The number of allylic oxidation sites excluding steroid dienone is 2. The maximum absolute atomic E-state index is 13.6. The molecule has 4 N–H and O–H groups in total. The molecule has 2 aromatic carbocycles. The van der Waals surface area contributed by atoms with E-state index in [2.05, 4.69) is 87.1 Å². The second-order valence-corrected chi connectivity index (χ2v) is 25.7. The van der Waals surface area contributed by atoms with Crippen LogP contribution in [0.5, 0.6) is 0 Å². The van der Waals surface area contributed by atoms with Crippen LogP contribution in [0.1, 0.15) is 255 Å². The molecule has 0 bridgehead atoms. The van der Waals surface area contributed by atoms with Crippen molar-refractivity contribution in [2.45, 2.75) is 250 Å². The van der Waals surface area contributed by atoms with Gasteiger partial charge in [-0.1, -0.05) is 137 Å². The van der Waals surface area contributed by atoms with Crippen molar-refractivity contribution in [1.82, 2.24) is 31.2 Å². The Morgan fingerprint density at radius 3 is 0.906 bits per heavy atom. The largest absolute Gasteiger partial charge is 2.00 e. The first-order chi connectivity index (χ1) is 40.1. The predicted molar refractivity (Wildman–Crippen MR) is 342 cm³/mol. The van der Waals surface area contributed by atoms with Crippen molar-refractivity contribution in [2.75, 3.05) is 0 Å². The number of hydrogen-bond acceptors (Lipinski definition) is 6. The van der Waals surface area contributed by atoms with Gasteiger partial charge in [-0.2, -0.15) is 0 Å². The molecule has 2 aliphatic heterocycles. The first kappa shape index (κ1) is 64.7. The van der Waals surface area contributed by atoms with Gasteiger partial charge < -0.3 is 31.2 Å². The van der Waals surface area contributed by atoms with Crippen LogP contribution in [0.15, 0.2) is 67.9 Å². The molecule has 4 aromatic rings. The van der Waals surface area contributed by atoms with Crippen molar-refractivity contribution in [3.8, 4) is 0 Å². The van der Waals surface area contributed by atoms with Gasteiger partial charge in [-0.05, 0) is 190 Å². The number of hydrogen-bond donors (Lipinski definition) is 4. The van der Waals surface area contributed by atoms with E-state index in [-0.39, 0.29) is 64.6 Å². The minimum atomic E-state index is -0.0386. The molecule has 13 heteroatoms. The zero-order chi connectivity index (χ0) is 60.3. The Morgan fingerprint density at radius 1 is 0.376 bits per heavy atom. The average molecular weight is 1190 g/mol. The second kappa shape index (κ2) is 28.0. The standard InChI is InChI=1S/2C36H48N4O2.Co/c2*1-20-18-21(2)29(22(3)19-20)32(33-23(4)30(25(6)37-33)35(41)39-27-14-10-8-11-15-27)34-24(5)31(26(7)38-34)36(42)40-28-16-12-9-13-17-28;/h2*18-19,27-28H,8-17H2,1-7H3,(H3,37,38,39,40,41,42);/q;;+2/p-2. The van der Waals surface area contributed by atoms with E-state index >= 15 is 0 Å². The molecule has 4 fully saturated rings. The van der Waals surface area contributed by atoms with Crippen LogP contribution >= 0.6 is 0 Å². The molecule has 1 radical (unpaired) electrons. The molecule has 4 heterocycles. The Bertz CT molecular complexity index is 3170. The van der Waals surface area contributed by atoms with Gasteiger partial charge >= 0.3 is 16.8 Å². The number of nitrogens with zero attached hydrogens (tertiary/aromatic N) is 4. The average Bonchev–Trinajstić information content (AvgIpc) is 2.89. The summed E-state index contributed by atoms with van der Waals surface area (Å²) in [4.78, 5) is 74.7. The summed E-state index contributed by atoms with van der Waals surface area (Å²) in [7, 11) is 0. The Kier molecular flexibility index (Phi) is 21.3. The van der Waals surface area contributed by atoms with Gasteiger partial charge in [0.25, 0.3) is 11.8 Å². The molecule has 455 valence electrons. The molecule has 2 aromatic heterocycles. The van der Waals surface area contributed by atoms with Crippen LogP contribution in [-0.2, 0) is 26.4 Å². The molecule has 4 aliphatic carbocycles. The van der Waals surface area contributed by atoms with Gasteiger partial charge in [0.1, 0.15) is 0 Å². The van der Waals surface area contributed by atoms with Crippen molar-refractivity contribution in [2.24, 2.45) is 9.98 Å². The fourth-order valence-electron chi connectivity index (χ4n) is 15.0. The minimum absolute atomic E-state index is 0. The van der Waals surface area contributed by atoms with Crippen molar-refractivity contribution in [1.29, 1.82) is 0 Å². The van der Waals surface area contributed by atoms with Gasteiger partial charge in [-0.15, -0.1) is 22.8 Å². The van der Waals surface area contributed by atoms with Gasteiger partial charge in [-0.3, -0.25) is 29.2 Å². The second-order valence-electron chi connectivity index (χ2n) is 25.7. The van der Waals surface area contributed by atoms with E-state index in [1.165, 1.54) is 36.8 Å². The molecular formula is C72H94CoN8O4. The van der Waals surface area contributed by atoms with Crippen LogP contribution < -0.4 is 31.2 Å². The van der Waals surface area contributed by atoms with E-state index in [0.717, 1.165) is 215 Å². The number of aliphatic imine (C=N–C) groups is 2. The molecule has 4 saturated carbocycles. The van der Waals surface area contributed by atoms with Crippen molar-refractivity contribution in [3.05, 3.63) is 147 Å². The van der Waals surface area contributed by atoms with E-state index in [4.69, 9.17) is 20.0 Å². The summed E-state index contributed by atoms with van der Waals surface area (Å²) >= 11 is 0. The van der Waals surface area contributed by atoms with E-state index < -0.39 is 0 Å². The first-order valence-electron chi connectivity index (χ1n) is 31.8. The van der Waals surface area contributed by atoms with E-state index in [0.29, 0.717) is 22.3 Å². The van der Waals surface area contributed by atoms with Crippen molar-refractivity contribution >= 4 is 46.2 Å². The Morgan fingerprint density at radius 2 is 0.635 bits per heavy atom. The molecule has 0 spiro atoms. The molecule has 0 saturated heterocycles. The third-order valence-electron chi connectivity index (χ3n) is 19.0. The normalized spacial score (nSPS) is 19.4. The molecule has 6 aliphatic rings. The number of aryl methyl sites for hydroxylation is 8. The summed E-state index contributed by atoms with van der Waals surface area (Å²) in [5, 5.41) is 13.2. The van der Waals surface area contributed by atoms with Crippen molar-refractivity contribution in [3.63, 3.8) is 0 Å². The van der Waals surface area contributed by atoms with Crippen molar-refractivity contribution < 1.29 is 36.0 Å². The van der Waals surface area contributed by atoms with Crippen LogP contribution in [0.25, 0.3) is 11.1 Å². The van der Waals surface area contributed by atoms with Crippen LogP contribution in [0.4, 0.5) is 0 Å². The third-order valence-corrected chi connectivity index (χ3v) is 19.0. The van der Waals surface area contributed by atoms with Gasteiger partial charge in [0.05, 0.1) is 34.0 Å². The monoisotopic (exact) mass is 1190 g/mol. The SMILES string of the molecule is CC1=N/C(=C(\c2[n-]c(C)c(C(=O)NC3CCCCC3)c2C)c2c(C)cc(C)cc2C)C(C)=C1C(=O)NC1CCCCC1.CC1=N/C(=C(\c2[n-]c(C)c(C(=O)NC3CCCCC3)c2C)c2c(C)cc(C)cc2C)C(C)=C1C(=O)NC1CCCCC1.[Co+2]. The van der Waals surface area contributed by atoms with Gasteiger partial charge in [0.15, 0.2) is 0 Å². The van der Waals surface area contributed by atoms with E-state index in [1.54, 1.807) is 0 Å². The zero-order valence-electron chi connectivity index (χ0n) is 53.5. The number of amides is 4.